The number of halogens is 2. The molecule has 0 aliphatic heterocycles. The molecule has 0 fully saturated rings. The number of benzene rings is 1. The first kappa shape index (κ1) is 18.8. The standard InChI is InChI=1S/C18H22Cl2N2O2/c1-4-15-14(9-11-7-12(19)10-13(20)8-11)16(5-2)22(21-15)17(6-3)18(23)24/h7-8,10,17H,4-6,9H2,1-3H3,(H,23,24). The molecular weight excluding hydrogens is 347 g/mol. The number of aliphatic carboxylic acids is 1. The van der Waals surface area contributed by atoms with Crippen LogP contribution in [-0.4, -0.2) is 20.9 Å². The normalized spacial score (nSPS) is 12.4. The molecule has 2 aromatic rings. The average Bonchev–Trinajstić information content (AvgIpc) is 2.84. The third-order valence-corrected chi connectivity index (χ3v) is 4.58. The molecule has 0 spiro atoms. The fraction of sp³-hybridized carbons (Fsp3) is 0.444. The van der Waals surface area contributed by atoms with E-state index < -0.39 is 12.0 Å². The largest absolute Gasteiger partial charge is 0.480 e. The Hall–Kier alpha value is -1.52. The van der Waals surface area contributed by atoms with Crippen LogP contribution in [0.4, 0.5) is 0 Å². The number of nitrogens with zero attached hydrogens (tertiary/aromatic N) is 2. The Morgan fingerprint density at radius 3 is 2.25 bits per heavy atom. The van der Waals surface area contributed by atoms with Gasteiger partial charge in [-0.15, -0.1) is 0 Å². The van der Waals surface area contributed by atoms with Gasteiger partial charge in [0.25, 0.3) is 0 Å². The van der Waals surface area contributed by atoms with Crippen LogP contribution in [-0.2, 0) is 24.1 Å². The highest BCUT2D eigenvalue weighted by atomic mass is 35.5. The summed E-state index contributed by atoms with van der Waals surface area (Å²) in [6, 6.07) is 4.84. The zero-order valence-corrected chi connectivity index (χ0v) is 15.7. The molecule has 0 bridgehead atoms. The van der Waals surface area contributed by atoms with Gasteiger partial charge in [-0.25, -0.2) is 4.79 Å². The summed E-state index contributed by atoms with van der Waals surface area (Å²) in [4.78, 5) is 11.6. The number of hydrogen-bond acceptors (Lipinski definition) is 2. The molecule has 6 heteroatoms. The first-order chi connectivity index (χ1) is 11.4. The molecule has 1 heterocycles. The van der Waals surface area contributed by atoms with Crippen LogP contribution in [0.3, 0.4) is 0 Å². The molecule has 24 heavy (non-hydrogen) atoms. The van der Waals surface area contributed by atoms with Crippen molar-refractivity contribution in [3.63, 3.8) is 0 Å². The SMILES string of the molecule is CCc1nn(C(CC)C(=O)O)c(CC)c1Cc1cc(Cl)cc(Cl)c1. The summed E-state index contributed by atoms with van der Waals surface area (Å²) in [5.41, 5.74) is 3.98. The second-order valence-electron chi connectivity index (χ2n) is 5.74. The van der Waals surface area contributed by atoms with Crippen molar-refractivity contribution in [3.05, 3.63) is 50.8 Å². The maximum absolute atomic E-state index is 11.6. The maximum Gasteiger partial charge on any atom is 0.328 e. The summed E-state index contributed by atoms with van der Waals surface area (Å²) in [5, 5.41) is 15.3. The van der Waals surface area contributed by atoms with Gasteiger partial charge < -0.3 is 5.11 Å². The second kappa shape index (κ2) is 8.04. The van der Waals surface area contributed by atoms with Gasteiger partial charge in [0.05, 0.1) is 5.69 Å². The van der Waals surface area contributed by atoms with Crippen LogP contribution in [0.2, 0.25) is 10.0 Å². The quantitative estimate of drug-likeness (QED) is 0.752. The highest BCUT2D eigenvalue weighted by molar-refractivity contribution is 6.34. The lowest BCUT2D eigenvalue weighted by atomic mass is 10.00. The van der Waals surface area contributed by atoms with Crippen molar-refractivity contribution in [2.24, 2.45) is 0 Å². The van der Waals surface area contributed by atoms with Crippen LogP contribution in [0.5, 0.6) is 0 Å². The number of carboxylic acid groups (broad SMARTS) is 1. The van der Waals surface area contributed by atoms with Gasteiger partial charge in [-0.05, 0) is 43.0 Å². The fourth-order valence-electron chi connectivity index (χ4n) is 3.05. The smallest absolute Gasteiger partial charge is 0.328 e. The second-order valence-corrected chi connectivity index (χ2v) is 6.61. The molecule has 2 rings (SSSR count). The van der Waals surface area contributed by atoms with Gasteiger partial charge in [-0.3, -0.25) is 4.68 Å². The molecule has 1 aromatic carbocycles. The lowest BCUT2D eigenvalue weighted by molar-refractivity contribution is -0.141. The maximum atomic E-state index is 11.6. The Morgan fingerprint density at radius 1 is 1.17 bits per heavy atom. The summed E-state index contributed by atoms with van der Waals surface area (Å²) in [7, 11) is 0. The number of hydrogen-bond donors (Lipinski definition) is 1. The fourth-order valence-corrected chi connectivity index (χ4v) is 3.62. The van der Waals surface area contributed by atoms with Crippen molar-refractivity contribution in [1.82, 2.24) is 9.78 Å². The number of carbonyl (C=O) groups is 1. The number of carboxylic acids is 1. The molecule has 130 valence electrons. The van der Waals surface area contributed by atoms with Gasteiger partial charge in [0.2, 0.25) is 0 Å². The number of aryl methyl sites for hydroxylation is 1. The van der Waals surface area contributed by atoms with E-state index in [2.05, 4.69) is 5.10 Å². The van der Waals surface area contributed by atoms with Gasteiger partial charge >= 0.3 is 5.97 Å². The van der Waals surface area contributed by atoms with E-state index in [0.29, 0.717) is 22.9 Å². The predicted octanol–water partition coefficient (Wildman–Crippen LogP) is 4.94. The summed E-state index contributed by atoms with van der Waals surface area (Å²) >= 11 is 12.2. The van der Waals surface area contributed by atoms with Crippen molar-refractivity contribution in [3.8, 4) is 0 Å². The third kappa shape index (κ3) is 3.93. The lowest BCUT2D eigenvalue weighted by Crippen LogP contribution is -2.21. The van der Waals surface area contributed by atoms with E-state index in [-0.39, 0.29) is 0 Å². The Kier molecular flexibility index (Phi) is 6.30. The molecule has 1 aromatic heterocycles. The first-order valence-corrected chi connectivity index (χ1v) is 8.93. The van der Waals surface area contributed by atoms with E-state index in [1.54, 1.807) is 10.7 Å². The molecule has 1 unspecified atom stereocenters. The molecule has 1 atom stereocenters. The van der Waals surface area contributed by atoms with Gasteiger partial charge in [0.15, 0.2) is 0 Å². The molecule has 0 amide bonds. The van der Waals surface area contributed by atoms with Crippen LogP contribution in [0.1, 0.15) is 55.7 Å². The summed E-state index contributed by atoms with van der Waals surface area (Å²) < 4.78 is 1.68. The van der Waals surface area contributed by atoms with Gasteiger partial charge in [0, 0.05) is 27.7 Å². The average molecular weight is 369 g/mol. The van der Waals surface area contributed by atoms with Crippen LogP contribution < -0.4 is 0 Å². The van der Waals surface area contributed by atoms with Crippen molar-refractivity contribution < 1.29 is 9.90 Å². The number of aromatic nitrogens is 2. The molecule has 0 saturated heterocycles. The van der Waals surface area contributed by atoms with E-state index in [1.165, 1.54) is 0 Å². The number of rotatable bonds is 7. The van der Waals surface area contributed by atoms with Gasteiger partial charge in [0.1, 0.15) is 6.04 Å². The van der Waals surface area contributed by atoms with Crippen molar-refractivity contribution in [1.29, 1.82) is 0 Å². The highest BCUT2D eigenvalue weighted by Gasteiger charge is 2.25. The monoisotopic (exact) mass is 368 g/mol. The zero-order chi connectivity index (χ0) is 17.9. The van der Waals surface area contributed by atoms with Crippen molar-refractivity contribution in [2.75, 3.05) is 0 Å². The van der Waals surface area contributed by atoms with Crippen molar-refractivity contribution >= 4 is 29.2 Å². The minimum Gasteiger partial charge on any atom is -0.480 e. The topological polar surface area (TPSA) is 55.1 Å². The molecule has 4 nitrogen and oxygen atoms in total. The molecule has 1 N–H and O–H groups in total. The Labute approximate surface area is 152 Å². The Balaban J connectivity index is 2.52. The summed E-state index contributed by atoms with van der Waals surface area (Å²) in [6.45, 7) is 5.92. The summed E-state index contributed by atoms with van der Waals surface area (Å²) in [6.07, 6.45) is 2.61. The van der Waals surface area contributed by atoms with E-state index in [0.717, 1.165) is 35.4 Å². The first-order valence-electron chi connectivity index (χ1n) is 8.18. The Bertz CT molecular complexity index is 721. The minimum atomic E-state index is -0.852. The highest BCUT2D eigenvalue weighted by Crippen LogP contribution is 2.27. The minimum absolute atomic E-state index is 0.496. The van der Waals surface area contributed by atoms with Crippen LogP contribution in [0.25, 0.3) is 0 Å². The Morgan fingerprint density at radius 2 is 1.79 bits per heavy atom. The van der Waals surface area contributed by atoms with Crippen LogP contribution >= 0.6 is 23.2 Å². The third-order valence-electron chi connectivity index (χ3n) is 4.14. The van der Waals surface area contributed by atoms with E-state index in [9.17, 15) is 9.90 Å². The predicted molar refractivity (Wildman–Crippen MR) is 97.2 cm³/mol. The molecule has 0 aliphatic rings. The van der Waals surface area contributed by atoms with E-state index in [1.807, 2.05) is 32.9 Å². The van der Waals surface area contributed by atoms with Crippen LogP contribution in [0, 0.1) is 0 Å². The van der Waals surface area contributed by atoms with E-state index in [4.69, 9.17) is 23.2 Å². The van der Waals surface area contributed by atoms with Gasteiger partial charge in [-0.1, -0.05) is 44.0 Å². The zero-order valence-electron chi connectivity index (χ0n) is 14.1. The van der Waals surface area contributed by atoms with Crippen molar-refractivity contribution in [2.45, 2.75) is 52.5 Å². The molecule has 0 radical (unpaired) electrons. The van der Waals surface area contributed by atoms with Gasteiger partial charge in [-0.2, -0.15) is 5.10 Å². The summed E-state index contributed by atoms with van der Waals surface area (Å²) in [5.74, 6) is -0.852. The van der Waals surface area contributed by atoms with Crippen LogP contribution in [0.15, 0.2) is 18.2 Å². The molecule has 0 saturated carbocycles. The molecular formula is C18H22Cl2N2O2. The lowest BCUT2D eigenvalue weighted by Gasteiger charge is -2.14. The molecule has 0 aliphatic carbocycles. The van der Waals surface area contributed by atoms with E-state index >= 15 is 0 Å².